The fraction of sp³-hybridized carbons (Fsp3) is 0.917. The van der Waals surface area contributed by atoms with Crippen LogP contribution in [-0.4, -0.2) is 41.5 Å². The highest BCUT2D eigenvalue weighted by Crippen LogP contribution is 2.20. The van der Waals surface area contributed by atoms with Gasteiger partial charge in [0.15, 0.2) is 21.7 Å². The lowest BCUT2D eigenvalue weighted by molar-refractivity contribution is -0.116. The van der Waals surface area contributed by atoms with Crippen molar-refractivity contribution in [3.63, 3.8) is 0 Å². The van der Waals surface area contributed by atoms with E-state index in [4.69, 9.17) is 13.0 Å². The molecule has 1 heterocycles. The summed E-state index contributed by atoms with van der Waals surface area (Å²) in [5.41, 5.74) is -5.65. The summed E-state index contributed by atoms with van der Waals surface area (Å²) >= 11 is 0. The van der Waals surface area contributed by atoms with Gasteiger partial charge in [-0.25, -0.2) is 8.42 Å². The molecule has 0 N–H and O–H groups in total. The van der Waals surface area contributed by atoms with E-state index in [-0.39, 0.29) is 0 Å². The van der Waals surface area contributed by atoms with Crippen LogP contribution >= 0.6 is 0 Å². The molecule has 1 fully saturated rings. The predicted octanol–water partition coefficient (Wildman–Crippen LogP) is 2.60. The van der Waals surface area contributed by atoms with Gasteiger partial charge < -0.3 is 4.55 Å². The fourth-order valence-electron chi connectivity index (χ4n) is 1.71. The van der Waals surface area contributed by atoms with Gasteiger partial charge in [0, 0.05) is 6.42 Å². The molecule has 0 spiro atoms. The third-order valence-corrected chi connectivity index (χ3v) is 5.85. The molecule has 21 heavy (non-hydrogen) atoms. The average molecular weight is 350 g/mol. The zero-order chi connectivity index (χ0) is 16.5. The Morgan fingerprint density at radius 2 is 1.67 bits per heavy atom. The van der Waals surface area contributed by atoms with Crippen LogP contribution in [0, 0.1) is 0 Å². The summed E-state index contributed by atoms with van der Waals surface area (Å²) < 4.78 is 58.9. The molecule has 126 valence electrons. The van der Waals surface area contributed by atoms with Gasteiger partial charge in [0.05, 0.1) is 0 Å². The minimum absolute atomic E-state index is 0.472. The van der Waals surface area contributed by atoms with Crippen LogP contribution in [-0.2, 0) is 25.8 Å². The first-order chi connectivity index (χ1) is 9.58. The van der Waals surface area contributed by atoms with Crippen molar-refractivity contribution in [2.45, 2.75) is 51.0 Å². The Morgan fingerprint density at radius 1 is 1.19 bits per heavy atom. The van der Waals surface area contributed by atoms with Crippen LogP contribution in [0.5, 0.6) is 0 Å². The van der Waals surface area contributed by atoms with Crippen molar-refractivity contribution in [2.24, 2.45) is 0 Å². The van der Waals surface area contributed by atoms with E-state index in [9.17, 15) is 18.0 Å². The van der Waals surface area contributed by atoms with E-state index in [1.54, 1.807) is 0 Å². The van der Waals surface area contributed by atoms with Gasteiger partial charge in [-0.2, -0.15) is 13.2 Å². The second-order valence-electron chi connectivity index (χ2n) is 4.77. The van der Waals surface area contributed by atoms with Crippen LogP contribution in [0.1, 0.15) is 45.4 Å². The van der Waals surface area contributed by atoms with E-state index in [0.717, 1.165) is 25.0 Å². The van der Waals surface area contributed by atoms with Crippen molar-refractivity contribution < 1.29 is 30.9 Å². The highest BCUT2D eigenvalue weighted by molar-refractivity contribution is 7.97. The molecule has 1 rings (SSSR count). The fourth-order valence-corrected chi connectivity index (χ4v) is 4.03. The molecular formula is C12H21F3O4S2. The molecule has 0 aromatic rings. The number of ketones is 1. The number of hydrogen-bond acceptors (Lipinski definition) is 4. The monoisotopic (exact) mass is 350 g/mol. The third kappa shape index (κ3) is 10.1. The molecule has 0 aromatic carbocycles. The maximum absolute atomic E-state index is 11.5. The number of carbonyl (C=O) groups excluding carboxylic acids is 1. The quantitative estimate of drug-likeness (QED) is 0.434. The van der Waals surface area contributed by atoms with Gasteiger partial charge in [-0.1, -0.05) is 13.3 Å². The summed E-state index contributed by atoms with van der Waals surface area (Å²) in [6.07, 6.45) is 7.20. The normalized spacial score (nSPS) is 17.0. The van der Waals surface area contributed by atoms with Gasteiger partial charge >= 0.3 is 5.51 Å². The van der Waals surface area contributed by atoms with E-state index in [1.807, 2.05) is 0 Å². The number of carbonyl (C=O) groups is 1. The Bertz CT molecular complexity index is 401. The first-order valence-electron chi connectivity index (χ1n) is 6.76. The molecule has 1 saturated heterocycles. The standard InChI is InChI=1S/C11H21OS.CHF3O3S/c1-2-3-7-11(12)10-13-8-5-4-6-9-13;2-1(3,4)8(5,6)7/h2-10H2,1H3;(H,5,6,7)/q+1;/p-1. The molecule has 0 aromatic heterocycles. The highest BCUT2D eigenvalue weighted by atomic mass is 32.2. The molecule has 0 atom stereocenters. The molecule has 1 aliphatic heterocycles. The van der Waals surface area contributed by atoms with Crippen molar-refractivity contribution in [1.82, 2.24) is 0 Å². The van der Waals surface area contributed by atoms with E-state index in [1.165, 1.54) is 30.8 Å². The lowest BCUT2D eigenvalue weighted by Crippen LogP contribution is -2.25. The van der Waals surface area contributed by atoms with Gasteiger partial charge in [0.2, 0.25) is 0 Å². The molecule has 0 unspecified atom stereocenters. The number of halogens is 3. The van der Waals surface area contributed by atoms with Crippen molar-refractivity contribution in [3.8, 4) is 0 Å². The molecule has 0 bridgehead atoms. The van der Waals surface area contributed by atoms with Crippen LogP contribution < -0.4 is 0 Å². The van der Waals surface area contributed by atoms with Crippen molar-refractivity contribution in [2.75, 3.05) is 17.3 Å². The van der Waals surface area contributed by atoms with Gasteiger partial charge in [0.25, 0.3) is 0 Å². The molecule has 0 saturated carbocycles. The predicted molar refractivity (Wildman–Crippen MR) is 76.1 cm³/mol. The van der Waals surface area contributed by atoms with Crippen LogP contribution in [0.3, 0.4) is 0 Å². The van der Waals surface area contributed by atoms with Crippen LogP contribution in [0.25, 0.3) is 0 Å². The number of unbranched alkanes of at least 4 members (excludes halogenated alkanes) is 1. The molecule has 0 radical (unpaired) electrons. The molecular weight excluding hydrogens is 329 g/mol. The maximum Gasteiger partial charge on any atom is 0.485 e. The van der Waals surface area contributed by atoms with Crippen LogP contribution in [0.4, 0.5) is 13.2 Å². The first kappa shape index (κ1) is 20.7. The second-order valence-corrected chi connectivity index (χ2v) is 8.47. The zero-order valence-corrected chi connectivity index (χ0v) is 13.6. The van der Waals surface area contributed by atoms with Crippen molar-refractivity contribution in [3.05, 3.63) is 0 Å². The third-order valence-electron chi connectivity index (χ3n) is 2.82. The second kappa shape index (κ2) is 9.68. The lowest BCUT2D eigenvalue weighted by Gasteiger charge is -2.12. The van der Waals surface area contributed by atoms with E-state index in [2.05, 4.69) is 6.92 Å². The van der Waals surface area contributed by atoms with Gasteiger partial charge in [0.1, 0.15) is 11.5 Å². The Balaban J connectivity index is 0.000000433. The Hall–Kier alpha value is -0.280. The number of rotatable bonds is 5. The minimum Gasteiger partial charge on any atom is -0.741 e. The number of hydrogen-bond donors (Lipinski definition) is 0. The van der Waals surface area contributed by atoms with E-state index in [0.29, 0.717) is 16.7 Å². The summed E-state index contributed by atoms with van der Waals surface area (Å²) in [5.74, 6) is 4.09. The Morgan fingerprint density at radius 3 is 2.05 bits per heavy atom. The average Bonchev–Trinajstić information content (AvgIpc) is 2.36. The molecule has 1 aliphatic rings. The largest absolute Gasteiger partial charge is 0.741 e. The zero-order valence-electron chi connectivity index (χ0n) is 11.9. The first-order valence-corrected chi connectivity index (χ1v) is 9.90. The molecule has 0 aliphatic carbocycles. The minimum atomic E-state index is -6.09. The summed E-state index contributed by atoms with van der Waals surface area (Å²) in [6, 6.07) is 0. The van der Waals surface area contributed by atoms with Crippen LogP contribution in [0.15, 0.2) is 0 Å². The van der Waals surface area contributed by atoms with Crippen LogP contribution in [0.2, 0.25) is 0 Å². The topological polar surface area (TPSA) is 74.3 Å². The van der Waals surface area contributed by atoms with Gasteiger partial charge in [-0.3, -0.25) is 4.79 Å². The highest BCUT2D eigenvalue weighted by Gasteiger charge is 2.36. The van der Waals surface area contributed by atoms with Gasteiger partial charge in [-0.15, -0.1) is 0 Å². The van der Waals surface area contributed by atoms with E-state index < -0.39 is 15.6 Å². The van der Waals surface area contributed by atoms with Crippen molar-refractivity contribution >= 4 is 26.8 Å². The van der Waals surface area contributed by atoms with Gasteiger partial charge in [-0.05, 0) is 36.6 Å². The SMILES string of the molecule is CCCCC(=O)C[S+]1CCCCC1.O=S(=O)([O-])C(F)(F)F. The molecule has 4 nitrogen and oxygen atoms in total. The molecule has 0 amide bonds. The Labute approximate surface area is 126 Å². The molecule has 9 heteroatoms. The number of alkyl halides is 3. The number of Topliss-reactive ketones (excluding diaryl/α,β-unsaturated/α-hetero) is 1. The van der Waals surface area contributed by atoms with E-state index >= 15 is 0 Å². The lowest BCUT2D eigenvalue weighted by atomic mass is 10.2. The summed E-state index contributed by atoms with van der Waals surface area (Å²) in [6.45, 7) is 2.15. The Kier molecular flexibility index (Phi) is 9.55. The smallest absolute Gasteiger partial charge is 0.485 e. The summed E-state index contributed by atoms with van der Waals surface area (Å²) in [5, 5.41) is 0. The maximum atomic E-state index is 11.5. The summed E-state index contributed by atoms with van der Waals surface area (Å²) in [4.78, 5) is 11.5. The van der Waals surface area contributed by atoms with Crippen molar-refractivity contribution in [1.29, 1.82) is 0 Å². The summed E-state index contributed by atoms with van der Waals surface area (Å²) in [7, 11) is -5.62.